The molecule has 10 heavy (non-hydrogen) atoms. The van der Waals surface area contributed by atoms with Gasteiger partial charge in [-0.25, -0.2) is 0 Å². The molecule has 0 aromatic rings. The number of hydrogen-bond donors (Lipinski definition) is 1. The van der Waals surface area contributed by atoms with Crippen molar-refractivity contribution in [3.05, 3.63) is 0 Å². The van der Waals surface area contributed by atoms with E-state index in [1.807, 2.05) is 0 Å². The summed E-state index contributed by atoms with van der Waals surface area (Å²) in [4.78, 5) is 20.8. The molecule has 0 aliphatic heterocycles. The summed E-state index contributed by atoms with van der Waals surface area (Å²) in [7, 11) is 0. The van der Waals surface area contributed by atoms with Crippen LogP contribution in [0.1, 0.15) is 20.3 Å². The first kappa shape index (κ1) is 9.62. The molecule has 1 atom stereocenters. The van der Waals surface area contributed by atoms with Crippen LogP contribution in [0, 0.1) is 0 Å². The molecular formula is C6H9BrO3. The minimum atomic E-state index is -0.977. The van der Waals surface area contributed by atoms with Crippen molar-refractivity contribution in [3.8, 4) is 0 Å². The standard InChI is InChI=1S/C6H9BrO3/c1-4(8)6(2,7)3-5(9)10/h3H2,1-2H3,(H,9,10). The first-order chi connectivity index (χ1) is 4.36. The van der Waals surface area contributed by atoms with E-state index in [0.29, 0.717) is 0 Å². The Morgan fingerprint density at radius 1 is 1.60 bits per heavy atom. The minimum Gasteiger partial charge on any atom is -0.481 e. The summed E-state index contributed by atoms with van der Waals surface area (Å²) >= 11 is 3.02. The molecule has 0 spiro atoms. The number of Topliss-reactive ketones (excluding diaryl/α,β-unsaturated/α-hetero) is 1. The van der Waals surface area contributed by atoms with Crippen molar-refractivity contribution in [1.82, 2.24) is 0 Å². The molecule has 0 amide bonds. The van der Waals surface area contributed by atoms with Crippen molar-refractivity contribution in [2.24, 2.45) is 0 Å². The van der Waals surface area contributed by atoms with Crippen LogP contribution in [0.3, 0.4) is 0 Å². The molecule has 0 heterocycles. The van der Waals surface area contributed by atoms with Crippen LogP contribution in [0.5, 0.6) is 0 Å². The monoisotopic (exact) mass is 208 g/mol. The zero-order valence-electron chi connectivity index (χ0n) is 5.85. The van der Waals surface area contributed by atoms with Crippen molar-refractivity contribution in [2.75, 3.05) is 0 Å². The number of ketones is 1. The second-order valence-corrected chi connectivity index (χ2v) is 4.07. The second kappa shape index (κ2) is 3.14. The molecule has 0 radical (unpaired) electrons. The van der Waals surface area contributed by atoms with Gasteiger partial charge in [-0.15, -0.1) is 0 Å². The molecule has 1 N–H and O–H groups in total. The number of carboxylic acid groups (broad SMARTS) is 1. The minimum absolute atomic E-state index is 0.171. The average molecular weight is 209 g/mol. The van der Waals surface area contributed by atoms with Gasteiger partial charge in [0, 0.05) is 0 Å². The summed E-state index contributed by atoms with van der Waals surface area (Å²) in [5, 5.41) is 8.32. The fraction of sp³-hybridized carbons (Fsp3) is 0.667. The van der Waals surface area contributed by atoms with E-state index in [1.54, 1.807) is 6.92 Å². The molecule has 0 aliphatic rings. The van der Waals surface area contributed by atoms with Gasteiger partial charge in [0.15, 0.2) is 0 Å². The maximum atomic E-state index is 10.7. The summed E-state index contributed by atoms with van der Waals surface area (Å²) < 4.78 is -0.904. The van der Waals surface area contributed by atoms with Gasteiger partial charge < -0.3 is 5.11 Å². The largest absolute Gasteiger partial charge is 0.481 e. The lowest BCUT2D eigenvalue weighted by Crippen LogP contribution is -2.28. The lowest BCUT2D eigenvalue weighted by Gasteiger charge is -2.14. The summed E-state index contributed by atoms with van der Waals surface area (Å²) in [6, 6.07) is 0. The number of alkyl halides is 1. The van der Waals surface area contributed by atoms with E-state index in [2.05, 4.69) is 15.9 Å². The third kappa shape index (κ3) is 2.96. The summed E-state index contributed by atoms with van der Waals surface area (Å²) in [6.45, 7) is 2.90. The van der Waals surface area contributed by atoms with Crippen molar-refractivity contribution < 1.29 is 14.7 Å². The Morgan fingerprint density at radius 3 is 2.10 bits per heavy atom. The van der Waals surface area contributed by atoms with Crippen LogP contribution in [-0.4, -0.2) is 21.2 Å². The van der Waals surface area contributed by atoms with Crippen LogP contribution in [0.15, 0.2) is 0 Å². The summed E-state index contributed by atoms with van der Waals surface area (Å²) in [5.74, 6) is -1.15. The highest BCUT2D eigenvalue weighted by Crippen LogP contribution is 2.22. The van der Waals surface area contributed by atoms with Crippen LogP contribution in [0.4, 0.5) is 0 Å². The van der Waals surface area contributed by atoms with Crippen molar-refractivity contribution in [2.45, 2.75) is 24.6 Å². The van der Waals surface area contributed by atoms with Crippen LogP contribution >= 0.6 is 15.9 Å². The molecule has 58 valence electrons. The fourth-order valence-electron chi connectivity index (χ4n) is 0.408. The highest BCUT2D eigenvalue weighted by molar-refractivity contribution is 9.10. The van der Waals surface area contributed by atoms with E-state index in [-0.39, 0.29) is 12.2 Å². The van der Waals surface area contributed by atoms with Crippen LogP contribution < -0.4 is 0 Å². The van der Waals surface area contributed by atoms with Gasteiger partial charge in [0.25, 0.3) is 0 Å². The molecule has 0 aliphatic carbocycles. The van der Waals surface area contributed by atoms with Crippen LogP contribution in [-0.2, 0) is 9.59 Å². The fourth-order valence-corrected chi connectivity index (χ4v) is 0.648. The lowest BCUT2D eigenvalue weighted by atomic mass is 10.0. The van der Waals surface area contributed by atoms with E-state index in [1.165, 1.54) is 6.92 Å². The van der Waals surface area contributed by atoms with E-state index in [4.69, 9.17) is 5.11 Å². The molecule has 0 saturated heterocycles. The smallest absolute Gasteiger partial charge is 0.305 e. The zero-order valence-corrected chi connectivity index (χ0v) is 7.43. The average Bonchev–Trinajstić information content (AvgIpc) is 1.60. The molecule has 1 unspecified atom stereocenters. The molecule has 0 aromatic carbocycles. The topological polar surface area (TPSA) is 54.4 Å². The Balaban J connectivity index is 4.13. The molecule has 0 aromatic heterocycles. The first-order valence-electron chi connectivity index (χ1n) is 2.78. The predicted octanol–water partition coefficient (Wildman–Crippen LogP) is 1.20. The molecule has 0 bridgehead atoms. The van der Waals surface area contributed by atoms with Gasteiger partial charge in [0.2, 0.25) is 0 Å². The van der Waals surface area contributed by atoms with E-state index in [9.17, 15) is 9.59 Å². The number of halogens is 1. The lowest BCUT2D eigenvalue weighted by molar-refractivity contribution is -0.139. The van der Waals surface area contributed by atoms with Crippen molar-refractivity contribution in [1.29, 1.82) is 0 Å². The normalized spacial score (nSPS) is 15.9. The number of aliphatic carboxylic acids is 1. The predicted molar refractivity (Wildman–Crippen MR) is 40.3 cm³/mol. The Hall–Kier alpha value is -0.380. The molecule has 4 heteroatoms. The molecular weight excluding hydrogens is 200 g/mol. The summed E-state index contributed by atoms with van der Waals surface area (Å²) in [5.41, 5.74) is 0. The van der Waals surface area contributed by atoms with Crippen LogP contribution in [0.2, 0.25) is 0 Å². The number of rotatable bonds is 3. The van der Waals surface area contributed by atoms with Crippen molar-refractivity contribution in [3.63, 3.8) is 0 Å². The maximum Gasteiger partial charge on any atom is 0.305 e. The summed E-state index contributed by atoms with van der Waals surface area (Å²) in [6.07, 6.45) is -0.178. The molecule has 3 nitrogen and oxygen atoms in total. The SMILES string of the molecule is CC(=O)C(C)(Br)CC(=O)O. The van der Waals surface area contributed by atoms with Gasteiger partial charge in [-0.2, -0.15) is 0 Å². The van der Waals surface area contributed by atoms with Crippen LogP contribution in [0.25, 0.3) is 0 Å². The zero-order chi connectivity index (χ0) is 8.36. The highest BCUT2D eigenvalue weighted by atomic mass is 79.9. The molecule has 0 rings (SSSR count). The van der Waals surface area contributed by atoms with Gasteiger partial charge in [-0.1, -0.05) is 15.9 Å². The van der Waals surface area contributed by atoms with Gasteiger partial charge in [0.1, 0.15) is 5.78 Å². The van der Waals surface area contributed by atoms with Gasteiger partial charge in [-0.05, 0) is 13.8 Å². The van der Waals surface area contributed by atoms with Gasteiger partial charge in [0.05, 0.1) is 10.7 Å². The van der Waals surface area contributed by atoms with E-state index >= 15 is 0 Å². The Labute approximate surface area is 67.5 Å². The first-order valence-corrected chi connectivity index (χ1v) is 3.57. The molecule has 0 fully saturated rings. The Morgan fingerprint density at radius 2 is 2.00 bits per heavy atom. The number of carbonyl (C=O) groups excluding carboxylic acids is 1. The van der Waals surface area contributed by atoms with E-state index < -0.39 is 10.3 Å². The Kier molecular flexibility index (Phi) is 3.02. The highest BCUT2D eigenvalue weighted by Gasteiger charge is 2.28. The number of carboxylic acids is 1. The third-order valence-electron chi connectivity index (χ3n) is 1.22. The quantitative estimate of drug-likeness (QED) is 0.710. The third-order valence-corrected chi connectivity index (χ3v) is 2.06. The van der Waals surface area contributed by atoms with Gasteiger partial charge >= 0.3 is 5.97 Å². The number of carbonyl (C=O) groups is 2. The Bertz CT molecular complexity index is 162. The van der Waals surface area contributed by atoms with Gasteiger partial charge in [-0.3, -0.25) is 9.59 Å². The maximum absolute atomic E-state index is 10.7. The number of hydrogen-bond acceptors (Lipinski definition) is 2. The van der Waals surface area contributed by atoms with Crippen molar-refractivity contribution >= 4 is 27.7 Å². The second-order valence-electron chi connectivity index (χ2n) is 2.32. The van der Waals surface area contributed by atoms with E-state index in [0.717, 1.165) is 0 Å². The molecule has 0 saturated carbocycles.